The summed E-state index contributed by atoms with van der Waals surface area (Å²) in [6.07, 6.45) is -0.0178. The van der Waals surface area contributed by atoms with Gasteiger partial charge in [0.1, 0.15) is 23.9 Å². The average Bonchev–Trinajstić information content (AvgIpc) is 3.04. The van der Waals surface area contributed by atoms with Crippen molar-refractivity contribution < 1.29 is 28.5 Å². The van der Waals surface area contributed by atoms with Crippen LogP contribution in [0.25, 0.3) is 0 Å². The number of carbonyl (C=O) groups is 1. The minimum Gasteiger partial charge on any atom is -0.456 e. The van der Waals surface area contributed by atoms with E-state index in [2.05, 4.69) is 0 Å². The van der Waals surface area contributed by atoms with E-state index in [1.165, 1.54) is 0 Å². The average molecular weight is 334 g/mol. The van der Waals surface area contributed by atoms with Crippen molar-refractivity contribution in [3.63, 3.8) is 0 Å². The van der Waals surface area contributed by atoms with E-state index in [9.17, 15) is 4.79 Å². The molecule has 4 rings (SSSR count). The van der Waals surface area contributed by atoms with Crippen molar-refractivity contribution in [2.75, 3.05) is 7.11 Å². The van der Waals surface area contributed by atoms with Crippen LogP contribution < -0.4 is 0 Å². The first-order chi connectivity index (χ1) is 11.5. The van der Waals surface area contributed by atoms with Crippen molar-refractivity contribution in [1.29, 1.82) is 0 Å². The van der Waals surface area contributed by atoms with Crippen LogP contribution in [0.5, 0.6) is 0 Å². The number of hydrogen-bond donors (Lipinski definition) is 0. The SMILES string of the molecule is CO[C@@H]1O[C@@]2(CC[C@H]2OC(=O)c2ccccc2)C2OC(C)(C)O[C@@H]21. The van der Waals surface area contributed by atoms with E-state index in [1.807, 2.05) is 32.0 Å². The maximum absolute atomic E-state index is 12.4. The Morgan fingerprint density at radius 2 is 1.92 bits per heavy atom. The quantitative estimate of drug-likeness (QED) is 0.790. The Labute approximate surface area is 141 Å². The molecule has 2 saturated heterocycles. The third-order valence-electron chi connectivity index (χ3n) is 5.05. The molecular formula is C18H22O6. The molecule has 1 spiro atoms. The van der Waals surface area contributed by atoms with Crippen LogP contribution in [0.4, 0.5) is 0 Å². The van der Waals surface area contributed by atoms with Gasteiger partial charge in [-0.05, 0) is 38.8 Å². The van der Waals surface area contributed by atoms with Gasteiger partial charge in [0, 0.05) is 7.11 Å². The van der Waals surface area contributed by atoms with Crippen molar-refractivity contribution in [3.8, 4) is 0 Å². The first-order valence-corrected chi connectivity index (χ1v) is 8.27. The van der Waals surface area contributed by atoms with Gasteiger partial charge in [-0.15, -0.1) is 0 Å². The second-order valence-electron chi connectivity index (χ2n) is 7.00. The Balaban J connectivity index is 1.54. The summed E-state index contributed by atoms with van der Waals surface area (Å²) in [5.74, 6) is -1.05. The molecular weight excluding hydrogens is 312 g/mol. The van der Waals surface area contributed by atoms with E-state index >= 15 is 0 Å². The van der Waals surface area contributed by atoms with Crippen LogP contribution >= 0.6 is 0 Å². The van der Waals surface area contributed by atoms with Gasteiger partial charge in [0.25, 0.3) is 0 Å². The van der Waals surface area contributed by atoms with Crippen LogP contribution in [0.3, 0.4) is 0 Å². The number of rotatable bonds is 3. The van der Waals surface area contributed by atoms with Crippen molar-refractivity contribution in [2.24, 2.45) is 0 Å². The number of hydrogen-bond acceptors (Lipinski definition) is 6. The Hall–Kier alpha value is -1.47. The third kappa shape index (κ3) is 2.37. The van der Waals surface area contributed by atoms with Crippen LogP contribution in [-0.2, 0) is 23.7 Å². The number of ether oxygens (including phenoxy) is 5. The van der Waals surface area contributed by atoms with Gasteiger partial charge < -0.3 is 23.7 Å². The fourth-order valence-corrected chi connectivity index (χ4v) is 3.84. The zero-order chi connectivity index (χ0) is 16.9. The third-order valence-corrected chi connectivity index (χ3v) is 5.05. The molecule has 0 bridgehead atoms. The molecule has 24 heavy (non-hydrogen) atoms. The van der Waals surface area contributed by atoms with E-state index in [0.29, 0.717) is 5.56 Å². The van der Waals surface area contributed by atoms with E-state index in [-0.39, 0.29) is 24.3 Å². The molecule has 0 radical (unpaired) electrons. The first-order valence-electron chi connectivity index (χ1n) is 8.27. The van der Waals surface area contributed by atoms with Crippen LogP contribution in [-0.4, -0.2) is 49.1 Å². The van der Waals surface area contributed by atoms with Gasteiger partial charge in [0.15, 0.2) is 12.1 Å². The smallest absolute Gasteiger partial charge is 0.338 e. The molecule has 1 unspecified atom stereocenters. The zero-order valence-corrected chi connectivity index (χ0v) is 14.1. The molecule has 3 fully saturated rings. The lowest BCUT2D eigenvalue weighted by Gasteiger charge is -2.47. The lowest BCUT2D eigenvalue weighted by Crippen LogP contribution is -2.61. The van der Waals surface area contributed by atoms with Crippen molar-refractivity contribution in [3.05, 3.63) is 35.9 Å². The molecule has 1 aromatic carbocycles. The molecule has 3 aliphatic rings. The highest BCUT2D eigenvalue weighted by molar-refractivity contribution is 5.89. The summed E-state index contributed by atoms with van der Waals surface area (Å²) in [6, 6.07) is 8.96. The van der Waals surface area contributed by atoms with Crippen LogP contribution in [0.15, 0.2) is 30.3 Å². The summed E-state index contributed by atoms with van der Waals surface area (Å²) in [4.78, 5) is 12.4. The standard InChI is InChI=1S/C18H22O6/c1-17(2)22-13-14(23-17)18(24-16(13)20-3)10-9-12(18)21-15(19)11-7-5-4-6-8-11/h4-8,12-14,16H,9-10H2,1-3H3/t12-,13+,14?,16-,18-/m1/s1. The summed E-state index contributed by atoms with van der Waals surface area (Å²) in [7, 11) is 1.58. The maximum atomic E-state index is 12.4. The minimum atomic E-state index is -0.702. The van der Waals surface area contributed by atoms with Crippen LogP contribution in [0, 0.1) is 0 Å². The highest BCUT2D eigenvalue weighted by Gasteiger charge is 2.70. The van der Waals surface area contributed by atoms with Gasteiger partial charge >= 0.3 is 5.97 Å². The second kappa shape index (κ2) is 5.52. The van der Waals surface area contributed by atoms with E-state index in [1.54, 1.807) is 19.2 Å². The summed E-state index contributed by atoms with van der Waals surface area (Å²) >= 11 is 0. The Morgan fingerprint density at radius 3 is 2.54 bits per heavy atom. The summed E-state index contributed by atoms with van der Waals surface area (Å²) in [5.41, 5.74) is -0.162. The largest absolute Gasteiger partial charge is 0.456 e. The van der Waals surface area contributed by atoms with E-state index < -0.39 is 17.7 Å². The molecule has 1 saturated carbocycles. The number of esters is 1. The molecule has 6 nitrogen and oxygen atoms in total. The van der Waals surface area contributed by atoms with Crippen LogP contribution in [0.1, 0.15) is 37.0 Å². The minimum absolute atomic E-state index is 0.306. The van der Waals surface area contributed by atoms with Crippen molar-refractivity contribution in [2.45, 2.75) is 62.7 Å². The van der Waals surface area contributed by atoms with Gasteiger partial charge in [0.05, 0.1) is 5.56 Å². The van der Waals surface area contributed by atoms with Crippen LogP contribution in [0.2, 0.25) is 0 Å². The highest BCUT2D eigenvalue weighted by atomic mass is 16.8. The lowest BCUT2D eigenvalue weighted by atomic mass is 9.72. The lowest BCUT2D eigenvalue weighted by molar-refractivity contribution is -0.288. The summed E-state index contributed by atoms with van der Waals surface area (Å²) in [6.45, 7) is 3.74. The molecule has 130 valence electrons. The summed E-state index contributed by atoms with van der Waals surface area (Å²) < 4.78 is 29.2. The predicted molar refractivity (Wildman–Crippen MR) is 83.3 cm³/mol. The fraction of sp³-hybridized carbons (Fsp3) is 0.611. The number of carbonyl (C=O) groups excluding carboxylic acids is 1. The van der Waals surface area contributed by atoms with Crippen molar-refractivity contribution >= 4 is 5.97 Å². The Morgan fingerprint density at radius 1 is 1.17 bits per heavy atom. The van der Waals surface area contributed by atoms with Gasteiger partial charge in [-0.25, -0.2) is 4.79 Å². The Bertz CT molecular complexity index is 630. The number of methoxy groups -OCH3 is 1. The first kappa shape index (κ1) is 16.0. The monoisotopic (exact) mass is 334 g/mol. The normalized spacial score (nSPS) is 39.5. The number of fused-ring (bicyclic) bond motifs is 2. The molecule has 0 N–H and O–H groups in total. The van der Waals surface area contributed by atoms with E-state index in [4.69, 9.17) is 23.7 Å². The summed E-state index contributed by atoms with van der Waals surface area (Å²) in [5, 5.41) is 0. The fourth-order valence-electron chi connectivity index (χ4n) is 3.84. The molecule has 0 aromatic heterocycles. The molecule has 1 aromatic rings. The van der Waals surface area contributed by atoms with Gasteiger partial charge in [0.2, 0.25) is 0 Å². The van der Waals surface area contributed by atoms with Gasteiger partial charge in [-0.3, -0.25) is 0 Å². The molecule has 2 heterocycles. The predicted octanol–water partition coefficient (Wildman–Crippen LogP) is 2.27. The topological polar surface area (TPSA) is 63.2 Å². The Kier molecular flexibility index (Phi) is 3.69. The molecule has 5 atom stereocenters. The highest BCUT2D eigenvalue weighted by Crippen LogP contribution is 2.54. The molecule has 0 amide bonds. The molecule has 6 heteroatoms. The number of benzene rings is 1. The maximum Gasteiger partial charge on any atom is 0.338 e. The van der Waals surface area contributed by atoms with Gasteiger partial charge in [-0.1, -0.05) is 18.2 Å². The van der Waals surface area contributed by atoms with Crippen molar-refractivity contribution in [1.82, 2.24) is 0 Å². The van der Waals surface area contributed by atoms with Gasteiger partial charge in [-0.2, -0.15) is 0 Å². The molecule has 1 aliphatic carbocycles. The van der Waals surface area contributed by atoms with E-state index in [0.717, 1.165) is 12.8 Å². The zero-order valence-electron chi connectivity index (χ0n) is 14.1. The molecule has 2 aliphatic heterocycles. The second-order valence-corrected chi connectivity index (χ2v) is 7.00.